The molecule has 1 heterocycles. The minimum Gasteiger partial charge on any atom is -0.480 e. The van der Waals surface area contributed by atoms with Crippen LogP contribution < -0.4 is 0 Å². The number of hydrogen-bond donors (Lipinski definition) is 1. The van der Waals surface area contributed by atoms with Crippen molar-refractivity contribution in [2.75, 3.05) is 6.54 Å². The van der Waals surface area contributed by atoms with Crippen molar-refractivity contribution >= 4 is 16.0 Å². The van der Waals surface area contributed by atoms with Crippen LogP contribution in [0.2, 0.25) is 0 Å². The zero-order chi connectivity index (χ0) is 15.6. The van der Waals surface area contributed by atoms with E-state index in [0.29, 0.717) is 18.8 Å². The average molecular weight is 311 g/mol. The number of carbonyl (C=O) groups is 1. The highest BCUT2D eigenvalue weighted by molar-refractivity contribution is 7.89. The lowest BCUT2D eigenvalue weighted by Gasteiger charge is -2.21. The summed E-state index contributed by atoms with van der Waals surface area (Å²) < 4.78 is 26.2. The van der Waals surface area contributed by atoms with Gasteiger partial charge in [-0.3, -0.25) is 4.79 Å². The number of benzene rings is 1. The number of carboxylic acid groups (broad SMARTS) is 1. The second kappa shape index (κ2) is 6.15. The van der Waals surface area contributed by atoms with Gasteiger partial charge < -0.3 is 5.11 Å². The maximum absolute atomic E-state index is 12.5. The van der Waals surface area contributed by atoms with E-state index in [1.54, 1.807) is 24.3 Å². The Labute approximate surface area is 125 Å². The van der Waals surface area contributed by atoms with Gasteiger partial charge in [0.25, 0.3) is 0 Å². The summed E-state index contributed by atoms with van der Waals surface area (Å²) in [7, 11) is -3.73. The van der Waals surface area contributed by atoms with E-state index in [2.05, 4.69) is 13.8 Å². The molecule has 21 heavy (non-hydrogen) atoms. The molecule has 0 saturated carbocycles. The molecule has 5 nitrogen and oxygen atoms in total. The summed E-state index contributed by atoms with van der Waals surface area (Å²) >= 11 is 0. The van der Waals surface area contributed by atoms with Crippen LogP contribution in [-0.4, -0.2) is 36.4 Å². The Kier molecular flexibility index (Phi) is 4.68. The van der Waals surface area contributed by atoms with Gasteiger partial charge >= 0.3 is 5.97 Å². The molecule has 1 saturated heterocycles. The monoisotopic (exact) mass is 311 g/mol. The van der Waals surface area contributed by atoms with E-state index >= 15 is 0 Å². The molecule has 0 amide bonds. The summed E-state index contributed by atoms with van der Waals surface area (Å²) in [6.45, 7) is 4.48. The third-order valence-electron chi connectivity index (χ3n) is 3.66. The van der Waals surface area contributed by atoms with E-state index in [0.717, 1.165) is 16.3 Å². The molecule has 1 aliphatic heterocycles. The lowest BCUT2D eigenvalue weighted by molar-refractivity contribution is -0.140. The number of rotatable bonds is 5. The maximum Gasteiger partial charge on any atom is 0.322 e. The number of hydrogen-bond acceptors (Lipinski definition) is 3. The van der Waals surface area contributed by atoms with E-state index in [1.807, 2.05) is 0 Å². The van der Waals surface area contributed by atoms with Crippen molar-refractivity contribution in [3.63, 3.8) is 0 Å². The predicted octanol–water partition coefficient (Wildman–Crippen LogP) is 2.12. The summed E-state index contributed by atoms with van der Waals surface area (Å²) in [5, 5.41) is 9.13. The molecule has 0 radical (unpaired) electrons. The third kappa shape index (κ3) is 3.44. The highest BCUT2D eigenvalue weighted by Crippen LogP contribution is 2.26. The van der Waals surface area contributed by atoms with Gasteiger partial charge in [0, 0.05) is 6.54 Å². The molecule has 116 valence electrons. The van der Waals surface area contributed by atoms with Crippen molar-refractivity contribution < 1.29 is 18.3 Å². The Balaban J connectivity index is 2.25. The van der Waals surface area contributed by atoms with Gasteiger partial charge in [-0.05, 0) is 42.9 Å². The zero-order valence-electron chi connectivity index (χ0n) is 12.3. The normalized spacial score (nSPS) is 20.0. The van der Waals surface area contributed by atoms with E-state index in [-0.39, 0.29) is 11.4 Å². The van der Waals surface area contributed by atoms with Crippen LogP contribution in [0.5, 0.6) is 0 Å². The number of aliphatic carboxylic acids is 1. The molecular formula is C15H21NO4S. The summed E-state index contributed by atoms with van der Waals surface area (Å²) in [6.07, 6.45) is 1.85. The van der Waals surface area contributed by atoms with Crippen molar-refractivity contribution in [3.05, 3.63) is 29.8 Å². The molecule has 1 aliphatic rings. The van der Waals surface area contributed by atoms with Crippen molar-refractivity contribution in [3.8, 4) is 0 Å². The Morgan fingerprint density at radius 2 is 1.95 bits per heavy atom. The van der Waals surface area contributed by atoms with Crippen LogP contribution in [0.4, 0.5) is 0 Å². The van der Waals surface area contributed by atoms with Gasteiger partial charge in [0.2, 0.25) is 10.0 Å². The molecule has 0 aliphatic carbocycles. The lowest BCUT2D eigenvalue weighted by Crippen LogP contribution is -2.40. The lowest BCUT2D eigenvalue weighted by atomic mass is 10.0. The molecule has 1 aromatic carbocycles. The summed E-state index contributed by atoms with van der Waals surface area (Å²) in [4.78, 5) is 11.3. The molecule has 1 atom stereocenters. The zero-order valence-corrected chi connectivity index (χ0v) is 13.1. The van der Waals surface area contributed by atoms with Gasteiger partial charge in [0.1, 0.15) is 6.04 Å². The van der Waals surface area contributed by atoms with Crippen LogP contribution in [0.25, 0.3) is 0 Å². The SMILES string of the molecule is CC(C)Cc1ccc(S(=O)(=O)N2CCCC2C(=O)O)cc1. The minimum absolute atomic E-state index is 0.170. The van der Waals surface area contributed by atoms with E-state index in [9.17, 15) is 13.2 Å². The summed E-state index contributed by atoms with van der Waals surface area (Å²) in [6, 6.07) is 5.82. The summed E-state index contributed by atoms with van der Waals surface area (Å²) in [5.41, 5.74) is 1.08. The Hall–Kier alpha value is -1.40. The largest absolute Gasteiger partial charge is 0.480 e. The number of sulfonamides is 1. The fourth-order valence-corrected chi connectivity index (χ4v) is 4.33. The third-order valence-corrected chi connectivity index (χ3v) is 5.59. The van der Waals surface area contributed by atoms with Crippen molar-refractivity contribution in [1.29, 1.82) is 0 Å². The van der Waals surface area contributed by atoms with E-state index in [4.69, 9.17) is 5.11 Å². The maximum atomic E-state index is 12.5. The second-order valence-electron chi connectivity index (χ2n) is 5.85. The topological polar surface area (TPSA) is 74.7 Å². The molecule has 0 bridgehead atoms. The van der Waals surface area contributed by atoms with Crippen LogP contribution in [0, 0.1) is 5.92 Å². The fraction of sp³-hybridized carbons (Fsp3) is 0.533. The van der Waals surface area contributed by atoms with Crippen LogP contribution >= 0.6 is 0 Å². The molecule has 1 aromatic rings. The van der Waals surface area contributed by atoms with Crippen molar-refractivity contribution in [1.82, 2.24) is 4.31 Å². The van der Waals surface area contributed by atoms with Crippen molar-refractivity contribution in [2.24, 2.45) is 5.92 Å². The molecular weight excluding hydrogens is 290 g/mol. The van der Waals surface area contributed by atoms with Gasteiger partial charge in [-0.25, -0.2) is 8.42 Å². The summed E-state index contributed by atoms with van der Waals surface area (Å²) in [5.74, 6) is -0.574. The number of carboxylic acids is 1. The predicted molar refractivity (Wildman–Crippen MR) is 79.5 cm³/mol. The standard InChI is InChI=1S/C15H21NO4S/c1-11(2)10-12-5-7-13(8-6-12)21(19,20)16-9-3-4-14(16)15(17)18/h5-8,11,14H,3-4,9-10H2,1-2H3,(H,17,18). The average Bonchev–Trinajstić information content (AvgIpc) is 2.88. The molecule has 6 heteroatoms. The van der Waals surface area contributed by atoms with Crippen molar-refractivity contribution in [2.45, 2.75) is 44.0 Å². The highest BCUT2D eigenvalue weighted by Gasteiger charge is 2.39. The van der Waals surface area contributed by atoms with Crippen LogP contribution in [0.1, 0.15) is 32.3 Å². The highest BCUT2D eigenvalue weighted by atomic mass is 32.2. The van der Waals surface area contributed by atoms with Crippen LogP contribution in [-0.2, 0) is 21.2 Å². The van der Waals surface area contributed by atoms with Crippen LogP contribution in [0.3, 0.4) is 0 Å². The molecule has 0 spiro atoms. The van der Waals surface area contributed by atoms with Gasteiger partial charge in [-0.1, -0.05) is 26.0 Å². The minimum atomic E-state index is -3.73. The first-order valence-electron chi connectivity index (χ1n) is 7.16. The molecule has 1 N–H and O–H groups in total. The van der Waals surface area contributed by atoms with Gasteiger partial charge in [-0.2, -0.15) is 4.31 Å². The molecule has 2 rings (SSSR count). The first kappa shape index (κ1) is 16.0. The Bertz CT molecular complexity index is 607. The second-order valence-corrected chi connectivity index (χ2v) is 7.74. The quantitative estimate of drug-likeness (QED) is 0.904. The first-order valence-corrected chi connectivity index (χ1v) is 8.60. The fourth-order valence-electron chi connectivity index (χ4n) is 2.68. The van der Waals surface area contributed by atoms with Gasteiger partial charge in [0.05, 0.1) is 4.90 Å². The van der Waals surface area contributed by atoms with Gasteiger partial charge in [-0.15, -0.1) is 0 Å². The van der Waals surface area contributed by atoms with E-state index < -0.39 is 22.0 Å². The molecule has 0 aromatic heterocycles. The Morgan fingerprint density at radius 3 is 2.48 bits per heavy atom. The molecule has 1 unspecified atom stereocenters. The molecule has 1 fully saturated rings. The van der Waals surface area contributed by atoms with Gasteiger partial charge in [0.15, 0.2) is 0 Å². The van der Waals surface area contributed by atoms with E-state index in [1.165, 1.54) is 0 Å². The Morgan fingerprint density at radius 1 is 1.33 bits per heavy atom. The first-order chi connectivity index (χ1) is 9.82. The smallest absolute Gasteiger partial charge is 0.322 e. The van der Waals surface area contributed by atoms with Crippen LogP contribution in [0.15, 0.2) is 29.2 Å². The number of nitrogens with zero attached hydrogens (tertiary/aromatic N) is 1.